The molecular weight excluding hydrogens is 330 g/mol. The molecule has 1 N–H and O–H groups in total. The zero-order valence-electron chi connectivity index (χ0n) is 15.3. The molecule has 0 spiro atoms. The summed E-state index contributed by atoms with van der Waals surface area (Å²) in [4.78, 5) is 23.8. The molecule has 4 fully saturated rings. The van der Waals surface area contributed by atoms with Gasteiger partial charge in [0.05, 0.1) is 7.11 Å². The largest absolute Gasteiger partial charge is 0.482 e. The molecule has 5 heteroatoms. The van der Waals surface area contributed by atoms with Crippen molar-refractivity contribution in [3.8, 4) is 5.75 Å². The fourth-order valence-electron chi connectivity index (χ4n) is 5.80. The Labute approximate surface area is 154 Å². The van der Waals surface area contributed by atoms with Gasteiger partial charge in [0.1, 0.15) is 5.75 Å². The number of ether oxygens (including phenoxy) is 2. The van der Waals surface area contributed by atoms with Crippen molar-refractivity contribution < 1.29 is 19.1 Å². The Kier molecular flexibility index (Phi) is 4.63. The average Bonchev–Trinajstić information content (AvgIpc) is 2.63. The molecule has 0 aromatic heterocycles. The lowest BCUT2D eigenvalue weighted by molar-refractivity contribution is -0.142. The maximum atomic E-state index is 12.6. The number of benzene rings is 1. The highest BCUT2D eigenvalue weighted by molar-refractivity contribution is 5.94. The van der Waals surface area contributed by atoms with E-state index in [0.29, 0.717) is 16.7 Å². The van der Waals surface area contributed by atoms with Gasteiger partial charge in [-0.25, -0.2) is 4.79 Å². The van der Waals surface area contributed by atoms with Crippen LogP contribution in [0.1, 0.15) is 48.9 Å². The van der Waals surface area contributed by atoms with Gasteiger partial charge in [0.15, 0.2) is 6.61 Å². The second kappa shape index (κ2) is 6.93. The molecule has 0 radical (unpaired) electrons. The SMILES string of the molecule is COC(=O)COc1cccc(C(=O)NCC23CC4CC(CC(C4)C2)C3)c1. The van der Waals surface area contributed by atoms with Gasteiger partial charge in [-0.05, 0) is 79.9 Å². The van der Waals surface area contributed by atoms with Gasteiger partial charge in [-0.1, -0.05) is 6.07 Å². The van der Waals surface area contributed by atoms with Gasteiger partial charge in [0.25, 0.3) is 5.91 Å². The molecule has 0 atom stereocenters. The second-order valence-electron chi connectivity index (χ2n) is 8.49. The van der Waals surface area contributed by atoms with E-state index in [1.54, 1.807) is 24.3 Å². The van der Waals surface area contributed by atoms with Crippen molar-refractivity contribution in [3.05, 3.63) is 29.8 Å². The number of rotatable bonds is 6. The number of amides is 1. The van der Waals surface area contributed by atoms with E-state index in [4.69, 9.17) is 4.74 Å². The molecule has 0 aliphatic heterocycles. The molecule has 26 heavy (non-hydrogen) atoms. The summed E-state index contributed by atoms with van der Waals surface area (Å²) in [5.74, 6) is 2.64. The zero-order valence-corrected chi connectivity index (χ0v) is 15.3. The zero-order chi connectivity index (χ0) is 18.1. The van der Waals surface area contributed by atoms with Crippen molar-refractivity contribution in [2.45, 2.75) is 38.5 Å². The van der Waals surface area contributed by atoms with Crippen LogP contribution in [0.15, 0.2) is 24.3 Å². The number of esters is 1. The predicted molar refractivity (Wildman–Crippen MR) is 96.9 cm³/mol. The van der Waals surface area contributed by atoms with Crippen molar-refractivity contribution in [3.63, 3.8) is 0 Å². The Bertz CT molecular complexity index is 664. The van der Waals surface area contributed by atoms with Crippen LogP contribution in [-0.4, -0.2) is 32.1 Å². The molecule has 140 valence electrons. The average molecular weight is 357 g/mol. The minimum absolute atomic E-state index is 0.0655. The molecule has 1 aromatic rings. The Morgan fingerprint density at radius 1 is 1.12 bits per heavy atom. The smallest absolute Gasteiger partial charge is 0.343 e. The van der Waals surface area contributed by atoms with Crippen molar-refractivity contribution in [1.82, 2.24) is 5.32 Å². The third-order valence-corrected chi connectivity index (χ3v) is 6.47. The first-order chi connectivity index (χ1) is 12.5. The van der Waals surface area contributed by atoms with E-state index >= 15 is 0 Å². The molecule has 4 aliphatic carbocycles. The highest BCUT2D eigenvalue weighted by atomic mass is 16.6. The van der Waals surface area contributed by atoms with Crippen LogP contribution < -0.4 is 10.1 Å². The predicted octanol–water partition coefficient (Wildman–Crippen LogP) is 3.18. The quantitative estimate of drug-likeness (QED) is 0.794. The highest BCUT2D eigenvalue weighted by Crippen LogP contribution is 2.59. The van der Waals surface area contributed by atoms with E-state index < -0.39 is 5.97 Å². The van der Waals surface area contributed by atoms with E-state index in [1.807, 2.05) is 0 Å². The van der Waals surface area contributed by atoms with Crippen LogP contribution in [0.25, 0.3) is 0 Å². The lowest BCUT2D eigenvalue weighted by Gasteiger charge is -2.56. The molecular formula is C21H27NO4. The number of carbonyl (C=O) groups excluding carboxylic acids is 2. The van der Waals surface area contributed by atoms with Gasteiger partial charge >= 0.3 is 5.97 Å². The fourth-order valence-corrected chi connectivity index (χ4v) is 5.80. The van der Waals surface area contributed by atoms with Crippen LogP contribution in [-0.2, 0) is 9.53 Å². The number of methoxy groups -OCH3 is 1. The van der Waals surface area contributed by atoms with Crippen molar-refractivity contribution in [2.24, 2.45) is 23.2 Å². The molecule has 0 unspecified atom stereocenters. The Balaban J connectivity index is 1.36. The minimum atomic E-state index is -0.443. The molecule has 1 amide bonds. The first-order valence-corrected chi connectivity index (χ1v) is 9.63. The number of hydrogen-bond acceptors (Lipinski definition) is 4. The molecule has 1 aromatic carbocycles. The molecule has 4 saturated carbocycles. The van der Waals surface area contributed by atoms with Crippen LogP contribution in [0.4, 0.5) is 0 Å². The third-order valence-electron chi connectivity index (χ3n) is 6.47. The molecule has 4 bridgehead atoms. The molecule has 5 nitrogen and oxygen atoms in total. The van der Waals surface area contributed by atoms with Gasteiger partial charge in [0.2, 0.25) is 0 Å². The number of nitrogens with one attached hydrogen (secondary N) is 1. The first kappa shape index (κ1) is 17.4. The van der Waals surface area contributed by atoms with E-state index in [0.717, 1.165) is 24.3 Å². The normalized spacial score (nSPS) is 31.5. The van der Waals surface area contributed by atoms with Gasteiger partial charge < -0.3 is 14.8 Å². The topological polar surface area (TPSA) is 64.6 Å². The summed E-state index contributed by atoms with van der Waals surface area (Å²) in [6.07, 6.45) is 8.07. The lowest BCUT2D eigenvalue weighted by Crippen LogP contribution is -2.51. The summed E-state index contributed by atoms with van der Waals surface area (Å²) in [5, 5.41) is 3.17. The Morgan fingerprint density at radius 2 is 1.77 bits per heavy atom. The van der Waals surface area contributed by atoms with E-state index in [1.165, 1.54) is 45.6 Å². The minimum Gasteiger partial charge on any atom is -0.482 e. The van der Waals surface area contributed by atoms with Crippen LogP contribution in [0.5, 0.6) is 5.75 Å². The van der Waals surface area contributed by atoms with E-state index in [9.17, 15) is 9.59 Å². The summed E-state index contributed by atoms with van der Waals surface area (Å²) in [7, 11) is 1.32. The number of hydrogen-bond donors (Lipinski definition) is 1. The summed E-state index contributed by atoms with van der Waals surface area (Å²) in [5.41, 5.74) is 0.890. The third kappa shape index (κ3) is 3.57. The van der Waals surface area contributed by atoms with Gasteiger partial charge in [-0.15, -0.1) is 0 Å². The maximum Gasteiger partial charge on any atom is 0.343 e. The fraction of sp³-hybridized carbons (Fsp3) is 0.619. The molecule has 0 saturated heterocycles. The monoisotopic (exact) mass is 357 g/mol. The van der Waals surface area contributed by atoms with Crippen LogP contribution >= 0.6 is 0 Å². The summed E-state index contributed by atoms with van der Waals surface area (Å²) in [6.45, 7) is 0.622. The van der Waals surface area contributed by atoms with Crippen LogP contribution in [0, 0.1) is 23.2 Å². The second-order valence-corrected chi connectivity index (χ2v) is 8.49. The van der Waals surface area contributed by atoms with Crippen molar-refractivity contribution >= 4 is 11.9 Å². The maximum absolute atomic E-state index is 12.6. The Hall–Kier alpha value is -2.04. The summed E-state index contributed by atoms with van der Waals surface area (Å²) < 4.78 is 9.94. The van der Waals surface area contributed by atoms with Gasteiger partial charge in [-0.2, -0.15) is 0 Å². The summed E-state index contributed by atoms with van der Waals surface area (Å²) >= 11 is 0. The van der Waals surface area contributed by atoms with Gasteiger partial charge in [0, 0.05) is 12.1 Å². The standard InChI is InChI=1S/C21H27NO4/c1-25-19(23)12-26-18-4-2-3-17(8-18)20(24)22-13-21-9-14-5-15(10-21)7-16(6-14)11-21/h2-4,8,14-16H,5-7,9-13H2,1H3,(H,22,24). The Morgan fingerprint density at radius 3 is 2.38 bits per heavy atom. The summed E-state index contributed by atoms with van der Waals surface area (Å²) in [6, 6.07) is 6.96. The highest BCUT2D eigenvalue weighted by Gasteiger charge is 2.50. The molecule has 0 heterocycles. The molecule has 5 rings (SSSR count). The van der Waals surface area contributed by atoms with E-state index in [-0.39, 0.29) is 12.5 Å². The van der Waals surface area contributed by atoms with E-state index in [2.05, 4.69) is 10.1 Å². The van der Waals surface area contributed by atoms with Gasteiger partial charge in [-0.3, -0.25) is 4.79 Å². The number of carbonyl (C=O) groups is 2. The van der Waals surface area contributed by atoms with Crippen LogP contribution in [0.3, 0.4) is 0 Å². The molecule has 4 aliphatic rings. The van der Waals surface area contributed by atoms with Crippen molar-refractivity contribution in [1.29, 1.82) is 0 Å². The first-order valence-electron chi connectivity index (χ1n) is 9.63. The van der Waals surface area contributed by atoms with Crippen LogP contribution in [0.2, 0.25) is 0 Å². The lowest BCUT2D eigenvalue weighted by atomic mass is 9.49. The van der Waals surface area contributed by atoms with Crippen molar-refractivity contribution in [2.75, 3.05) is 20.3 Å².